The molecule has 2 heterocycles. The first-order valence-electron chi connectivity index (χ1n) is 5.85. The maximum absolute atomic E-state index is 5.16. The van der Waals surface area contributed by atoms with E-state index in [4.69, 9.17) is 13.7 Å². The van der Waals surface area contributed by atoms with Gasteiger partial charge in [0.1, 0.15) is 6.61 Å². The topological polar surface area (TPSA) is 64.5 Å². The summed E-state index contributed by atoms with van der Waals surface area (Å²) in [5, 5.41) is 3.83. The average molecular weight is 251 g/mol. The summed E-state index contributed by atoms with van der Waals surface area (Å²) in [6.07, 6.45) is 3.42. The molecule has 0 aliphatic heterocycles. The minimum absolute atomic E-state index is 0.372. The van der Waals surface area contributed by atoms with E-state index in [2.05, 4.69) is 22.0 Å². The Balaban J connectivity index is 1.92. The van der Waals surface area contributed by atoms with Gasteiger partial charge >= 0.3 is 0 Å². The van der Waals surface area contributed by atoms with Gasteiger partial charge in [0.05, 0.1) is 19.1 Å². The van der Waals surface area contributed by atoms with E-state index >= 15 is 0 Å². The Morgan fingerprint density at radius 3 is 2.94 bits per heavy atom. The molecule has 2 aromatic heterocycles. The van der Waals surface area contributed by atoms with E-state index in [1.807, 2.05) is 6.07 Å². The number of rotatable bonds is 7. The summed E-state index contributed by atoms with van der Waals surface area (Å²) in [5.74, 6) is 1.18. The van der Waals surface area contributed by atoms with Gasteiger partial charge in [-0.3, -0.25) is 4.90 Å². The van der Waals surface area contributed by atoms with E-state index in [9.17, 15) is 0 Å². The SMILES string of the molecule is CCN(Cc1ccoc1)Cc1nc(COC)no1. The maximum atomic E-state index is 5.16. The van der Waals surface area contributed by atoms with Gasteiger partial charge in [-0.2, -0.15) is 4.98 Å². The summed E-state index contributed by atoms with van der Waals surface area (Å²) >= 11 is 0. The van der Waals surface area contributed by atoms with Crippen molar-refractivity contribution in [3.63, 3.8) is 0 Å². The molecule has 6 heteroatoms. The fourth-order valence-corrected chi connectivity index (χ4v) is 1.65. The highest BCUT2D eigenvalue weighted by Gasteiger charge is 2.11. The Hall–Kier alpha value is -1.66. The maximum Gasteiger partial charge on any atom is 0.240 e. The lowest BCUT2D eigenvalue weighted by atomic mass is 10.3. The van der Waals surface area contributed by atoms with Crippen molar-refractivity contribution < 1.29 is 13.7 Å². The van der Waals surface area contributed by atoms with E-state index < -0.39 is 0 Å². The molecule has 6 nitrogen and oxygen atoms in total. The number of hydrogen-bond acceptors (Lipinski definition) is 6. The van der Waals surface area contributed by atoms with Crippen LogP contribution in [-0.4, -0.2) is 28.7 Å². The van der Waals surface area contributed by atoms with Crippen LogP contribution >= 0.6 is 0 Å². The first-order chi connectivity index (χ1) is 8.81. The molecule has 2 aromatic rings. The van der Waals surface area contributed by atoms with Crippen molar-refractivity contribution in [1.82, 2.24) is 15.0 Å². The molecule has 0 saturated carbocycles. The van der Waals surface area contributed by atoms with Crippen LogP contribution in [0.3, 0.4) is 0 Å². The van der Waals surface area contributed by atoms with Gasteiger partial charge in [-0.1, -0.05) is 12.1 Å². The molecule has 0 spiro atoms. The third-order valence-electron chi connectivity index (χ3n) is 2.58. The van der Waals surface area contributed by atoms with Crippen molar-refractivity contribution >= 4 is 0 Å². The van der Waals surface area contributed by atoms with Crippen LogP contribution in [0.15, 0.2) is 27.5 Å². The summed E-state index contributed by atoms with van der Waals surface area (Å²) in [6.45, 7) is 4.78. The van der Waals surface area contributed by atoms with Crippen LogP contribution in [0.4, 0.5) is 0 Å². The summed E-state index contributed by atoms with van der Waals surface area (Å²) < 4.78 is 15.2. The lowest BCUT2D eigenvalue weighted by Gasteiger charge is -2.16. The van der Waals surface area contributed by atoms with E-state index in [0.717, 1.165) is 18.7 Å². The van der Waals surface area contributed by atoms with Crippen LogP contribution in [0.2, 0.25) is 0 Å². The number of furan rings is 1. The smallest absolute Gasteiger partial charge is 0.240 e. The molecule has 0 amide bonds. The van der Waals surface area contributed by atoms with E-state index in [0.29, 0.717) is 24.9 Å². The molecule has 0 bridgehead atoms. The zero-order valence-corrected chi connectivity index (χ0v) is 10.6. The van der Waals surface area contributed by atoms with Crippen LogP contribution in [0.1, 0.15) is 24.2 Å². The molecule has 0 saturated heterocycles. The van der Waals surface area contributed by atoms with Gasteiger partial charge in [-0.25, -0.2) is 0 Å². The Bertz CT molecular complexity index is 453. The van der Waals surface area contributed by atoms with Gasteiger partial charge in [-0.05, 0) is 12.6 Å². The van der Waals surface area contributed by atoms with Crippen molar-refractivity contribution in [2.24, 2.45) is 0 Å². The van der Waals surface area contributed by atoms with Crippen LogP contribution in [-0.2, 0) is 24.4 Å². The second-order valence-corrected chi connectivity index (χ2v) is 3.97. The molecule has 0 unspecified atom stereocenters. The monoisotopic (exact) mass is 251 g/mol. The van der Waals surface area contributed by atoms with E-state index in [1.165, 1.54) is 0 Å². The molecule has 0 radical (unpaired) electrons. The van der Waals surface area contributed by atoms with Gasteiger partial charge in [0, 0.05) is 19.2 Å². The van der Waals surface area contributed by atoms with Crippen molar-refractivity contribution in [2.45, 2.75) is 26.6 Å². The molecule has 0 N–H and O–H groups in total. The minimum atomic E-state index is 0.372. The second-order valence-electron chi connectivity index (χ2n) is 3.97. The molecular formula is C12H17N3O3. The number of methoxy groups -OCH3 is 1. The summed E-state index contributed by atoms with van der Waals surface area (Å²) in [4.78, 5) is 6.44. The highest BCUT2D eigenvalue weighted by Crippen LogP contribution is 2.09. The molecule has 0 atom stereocenters. The van der Waals surface area contributed by atoms with Crippen molar-refractivity contribution in [2.75, 3.05) is 13.7 Å². The Labute approximate surface area is 106 Å². The summed E-state index contributed by atoms with van der Waals surface area (Å²) in [6, 6.07) is 1.95. The highest BCUT2D eigenvalue weighted by atomic mass is 16.5. The summed E-state index contributed by atoms with van der Waals surface area (Å²) in [5.41, 5.74) is 1.13. The zero-order valence-electron chi connectivity index (χ0n) is 10.6. The largest absolute Gasteiger partial charge is 0.472 e. The number of hydrogen-bond donors (Lipinski definition) is 0. The quantitative estimate of drug-likeness (QED) is 0.748. The first-order valence-corrected chi connectivity index (χ1v) is 5.85. The van der Waals surface area contributed by atoms with E-state index in [-0.39, 0.29) is 0 Å². The molecule has 2 rings (SSSR count). The number of ether oxygens (including phenoxy) is 1. The third-order valence-corrected chi connectivity index (χ3v) is 2.58. The van der Waals surface area contributed by atoms with Crippen LogP contribution < -0.4 is 0 Å². The highest BCUT2D eigenvalue weighted by molar-refractivity contribution is 5.05. The fourth-order valence-electron chi connectivity index (χ4n) is 1.65. The predicted octanol–water partition coefficient (Wildman–Crippen LogP) is 1.83. The standard InChI is InChI=1S/C12H17N3O3/c1-3-15(6-10-4-5-17-8-10)7-12-13-11(9-16-2)14-18-12/h4-5,8H,3,6-7,9H2,1-2H3. The molecule has 18 heavy (non-hydrogen) atoms. The summed E-state index contributed by atoms with van der Waals surface area (Å²) in [7, 11) is 1.60. The van der Waals surface area contributed by atoms with Gasteiger partial charge < -0.3 is 13.7 Å². The molecule has 0 aromatic carbocycles. The molecule has 0 aliphatic rings. The van der Waals surface area contributed by atoms with Gasteiger partial charge in [0.25, 0.3) is 0 Å². The number of aromatic nitrogens is 2. The molecule has 0 aliphatic carbocycles. The van der Waals surface area contributed by atoms with E-state index in [1.54, 1.807) is 19.6 Å². The zero-order chi connectivity index (χ0) is 12.8. The second kappa shape index (κ2) is 6.32. The average Bonchev–Trinajstić information content (AvgIpc) is 3.01. The van der Waals surface area contributed by atoms with Gasteiger partial charge in [-0.15, -0.1) is 0 Å². The Morgan fingerprint density at radius 1 is 1.39 bits per heavy atom. The van der Waals surface area contributed by atoms with Crippen molar-refractivity contribution in [1.29, 1.82) is 0 Å². The predicted molar refractivity (Wildman–Crippen MR) is 63.5 cm³/mol. The lowest BCUT2D eigenvalue weighted by Crippen LogP contribution is -2.22. The molecular weight excluding hydrogens is 234 g/mol. The lowest BCUT2D eigenvalue weighted by molar-refractivity contribution is 0.174. The van der Waals surface area contributed by atoms with Gasteiger partial charge in [0.2, 0.25) is 5.89 Å². The van der Waals surface area contributed by atoms with Gasteiger partial charge in [0.15, 0.2) is 5.82 Å². The van der Waals surface area contributed by atoms with Crippen molar-refractivity contribution in [3.05, 3.63) is 35.9 Å². The molecule has 98 valence electrons. The normalized spacial score (nSPS) is 11.3. The first kappa shape index (κ1) is 12.8. The Kier molecular flexibility index (Phi) is 4.49. The fraction of sp³-hybridized carbons (Fsp3) is 0.500. The van der Waals surface area contributed by atoms with Crippen LogP contribution in [0.25, 0.3) is 0 Å². The minimum Gasteiger partial charge on any atom is -0.472 e. The van der Waals surface area contributed by atoms with Crippen molar-refractivity contribution in [3.8, 4) is 0 Å². The molecule has 0 fully saturated rings. The van der Waals surface area contributed by atoms with Crippen LogP contribution in [0.5, 0.6) is 0 Å². The third kappa shape index (κ3) is 3.41. The van der Waals surface area contributed by atoms with Crippen LogP contribution in [0, 0.1) is 0 Å². The Morgan fingerprint density at radius 2 is 2.28 bits per heavy atom. The number of nitrogens with zero attached hydrogens (tertiary/aromatic N) is 3.